The molecular weight excluding hydrogens is 580 g/mol. The molecule has 4 unspecified atom stereocenters. The fraction of sp³-hybridized carbons (Fsp3) is 0.444. The second kappa shape index (κ2) is 11.9. The van der Waals surface area contributed by atoms with Gasteiger partial charge in [-0.25, -0.2) is 0 Å². The number of phenolic OH excluding ortho intramolecular Hbond substituents is 3. The summed E-state index contributed by atoms with van der Waals surface area (Å²) in [5.74, 6) is -2.49. The lowest BCUT2D eigenvalue weighted by molar-refractivity contribution is -0.278. The zero-order chi connectivity index (χ0) is 31.3. The molecule has 11 N–H and O–H groups in total. The molecule has 2 aliphatic heterocycles. The lowest BCUT2D eigenvalue weighted by atomic mass is 9.89. The monoisotopic (exact) mass is 610 g/mol. The SMILES string of the molecule is O=c1cc(-c2ccc(O)c(O)c2)oc2cc(O[C@@H]3OC(CO)[C@@H](O)[C@H](O)C3O)c([C@@H]3OC(CO)[C@@H](O)[C@H](O)C3O)c(O)c12. The average Bonchev–Trinajstić information content (AvgIpc) is 2.98. The van der Waals surface area contributed by atoms with Crippen LogP contribution in [0.4, 0.5) is 0 Å². The van der Waals surface area contributed by atoms with Crippen LogP contribution in [0.2, 0.25) is 0 Å². The predicted molar refractivity (Wildman–Crippen MR) is 140 cm³/mol. The van der Waals surface area contributed by atoms with Gasteiger partial charge in [0, 0.05) is 17.7 Å². The Kier molecular flexibility index (Phi) is 8.52. The highest BCUT2D eigenvalue weighted by atomic mass is 16.7. The Balaban J connectivity index is 1.69. The Morgan fingerprint density at radius 3 is 1.98 bits per heavy atom. The number of aliphatic hydroxyl groups excluding tert-OH is 8. The minimum absolute atomic E-state index is 0.133. The molecule has 2 aliphatic rings. The van der Waals surface area contributed by atoms with Gasteiger partial charge in [-0.3, -0.25) is 4.79 Å². The number of fused-ring (bicyclic) bond motifs is 1. The standard InChI is InChI=1S/C27H30O16/c28-6-15-19(33)22(36)24(38)26(41-15)18-14(42-27-25(39)23(37)20(34)16(7-29)43-27)5-13-17(21(18)35)11(32)4-12(40-13)8-1-2-9(30)10(31)3-8/h1-5,15-16,19-20,22-31,33-39H,6-7H2/t15?,16?,19-,20-,22+,23+,24?,25?,26+,27-/m1/s1. The minimum Gasteiger partial charge on any atom is -0.506 e. The van der Waals surface area contributed by atoms with E-state index >= 15 is 0 Å². The first-order valence-electron chi connectivity index (χ1n) is 13.0. The Bertz CT molecular complexity index is 1540. The van der Waals surface area contributed by atoms with Gasteiger partial charge in [-0.15, -0.1) is 0 Å². The Morgan fingerprint density at radius 1 is 0.721 bits per heavy atom. The molecule has 43 heavy (non-hydrogen) atoms. The van der Waals surface area contributed by atoms with Crippen molar-refractivity contribution in [3.63, 3.8) is 0 Å². The summed E-state index contributed by atoms with van der Waals surface area (Å²) in [5, 5.41) is 112. The molecule has 0 spiro atoms. The van der Waals surface area contributed by atoms with Crippen LogP contribution in [-0.2, 0) is 9.47 Å². The maximum Gasteiger partial charge on any atom is 0.229 e. The lowest BCUT2D eigenvalue weighted by Crippen LogP contribution is -2.60. The van der Waals surface area contributed by atoms with Crippen molar-refractivity contribution < 1.29 is 74.8 Å². The number of phenols is 3. The summed E-state index contributed by atoms with van der Waals surface area (Å²) < 4.78 is 22.5. The molecule has 0 radical (unpaired) electrons. The van der Waals surface area contributed by atoms with Crippen molar-refractivity contribution in [2.24, 2.45) is 0 Å². The summed E-state index contributed by atoms with van der Waals surface area (Å²) in [6.07, 6.45) is -17.6. The zero-order valence-corrected chi connectivity index (χ0v) is 22.0. The normalized spacial score (nSPS) is 33.0. The molecular formula is C27H30O16. The molecule has 2 aromatic carbocycles. The number of hydrogen-bond acceptors (Lipinski definition) is 16. The van der Waals surface area contributed by atoms with Crippen molar-refractivity contribution in [1.82, 2.24) is 0 Å². The van der Waals surface area contributed by atoms with E-state index in [1.807, 2.05) is 0 Å². The number of hydrogen-bond donors (Lipinski definition) is 11. The van der Waals surface area contributed by atoms with Gasteiger partial charge >= 0.3 is 0 Å². The highest BCUT2D eigenvalue weighted by molar-refractivity contribution is 5.88. The van der Waals surface area contributed by atoms with E-state index in [9.17, 15) is 61.0 Å². The minimum atomic E-state index is -1.97. The molecule has 2 saturated heterocycles. The molecule has 0 bridgehead atoms. The Labute approximate surface area is 241 Å². The van der Waals surface area contributed by atoms with Crippen molar-refractivity contribution >= 4 is 11.0 Å². The van der Waals surface area contributed by atoms with Crippen molar-refractivity contribution in [2.45, 2.75) is 61.2 Å². The van der Waals surface area contributed by atoms with E-state index in [-0.39, 0.29) is 16.9 Å². The second-order valence-electron chi connectivity index (χ2n) is 10.3. The van der Waals surface area contributed by atoms with Gasteiger partial charge in [0.05, 0.1) is 18.8 Å². The molecule has 0 aliphatic carbocycles. The molecule has 3 heterocycles. The smallest absolute Gasteiger partial charge is 0.229 e. The van der Waals surface area contributed by atoms with Crippen LogP contribution in [0.1, 0.15) is 11.7 Å². The summed E-state index contributed by atoms with van der Waals surface area (Å²) in [5.41, 5.74) is -1.56. The summed E-state index contributed by atoms with van der Waals surface area (Å²) in [6, 6.07) is 5.56. The third kappa shape index (κ3) is 5.38. The molecule has 10 atom stereocenters. The number of rotatable bonds is 6. The van der Waals surface area contributed by atoms with E-state index in [1.54, 1.807) is 0 Å². The molecule has 0 saturated carbocycles. The molecule has 234 valence electrons. The summed E-state index contributed by atoms with van der Waals surface area (Å²) in [4.78, 5) is 13.3. The van der Waals surface area contributed by atoms with Gasteiger partial charge in [-0.1, -0.05) is 0 Å². The quantitative estimate of drug-likeness (QED) is 0.126. The van der Waals surface area contributed by atoms with E-state index < -0.39 is 114 Å². The molecule has 2 fully saturated rings. The maximum atomic E-state index is 13.3. The van der Waals surface area contributed by atoms with E-state index in [0.717, 1.165) is 24.3 Å². The van der Waals surface area contributed by atoms with E-state index in [0.29, 0.717) is 0 Å². The molecule has 16 nitrogen and oxygen atoms in total. The summed E-state index contributed by atoms with van der Waals surface area (Å²) >= 11 is 0. The molecule has 0 amide bonds. The van der Waals surface area contributed by atoms with E-state index in [1.165, 1.54) is 6.07 Å². The molecule has 16 heteroatoms. The Morgan fingerprint density at radius 2 is 1.35 bits per heavy atom. The third-order valence-corrected chi connectivity index (χ3v) is 7.52. The highest BCUT2D eigenvalue weighted by Gasteiger charge is 2.48. The van der Waals surface area contributed by atoms with Crippen LogP contribution >= 0.6 is 0 Å². The summed E-state index contributed by atoms with van der Waals surface area (Å²) in [6.45, 7) is -1.63. The Hall–Kier alpha value is -3.55. The topological polar surface area (TPSA) is 280 Å². The average molecular weight is 611 g/mol. The van der Waals surface area contributed by atoms with E-state index in [2.05, 4.69) is 0 Å². The summed E-state index contributed by atoms with van der Waals surface area (Å²) in [7, 11) is 0. The molecule has 3 aromatic rings. The second-order valence-corrected chi connectivity index (χ2v) is 10.3. The maximum absolute atomic E-state index is 13.3. The van der Waals surface area contributed by atoms with Gasteiger partial charge < -0.3 is 74.8 Å². The van der Waals surface area contributed by atoms with Gasteiger partial charge in [0.25, 0.3) is 0 Å². The van der Waals surface area contributed by atoms with Crippen molar-refractivity contribution in [3.05, 3.63) is 46.1 Å². The largest absolute Gasteiger partial charge is 0.506 e. The molecule has 5 rings (SSSR count). The molecule has 1 aromatic heterocycles. The van der Waals surface area contributed by atoms with Crippen LogP contribution in [0, 0.1) is 0 Å². The van der Waals surface area contributed by atoms with Gasteiger partial charge in [-0.05, 0) is 18.2 Å². The van der Waals surface area contributed by atoms with Crippen molar-refractivity contribution in [3.8, 4) is 34.3 Å². The van der Waals surface area contributed by atoms with Gasteiger partial charge in [0.1, 0.15) is 83.2 Å². The van der Waals surface area contributed by atoms with Gasteiger partial charge in [0.15, 0.2) is 16.9 Å². The lowest BCUT2D eigenvalue weighted by Gasteiger charge is -2.42. The highest BCUT2D eigenvalue weighted by Crippen LogP contribution is 2.46. The number of aliphatic hydroxyl groups is 8. The zero-order valence-electron chi connectivity index (χ0n) is 22.0. The van der Waals surface area contributed by atoms with Crippen LogP contribution in [0.15, 0.2) is 39.5 Å². The van der Waals surface area contributed by atoms with Gasteiger partial charge in [0.2, 0.25) is 6.29 Å². The fourth-order valence-corrected chi connectivity index (χ4v) is 5.12. The first kappa shape index (κ1) is 30.9. The van der Waals surface area contributed by atoms with Crippen molar-refractivity contribution in [1.29, 1.82) is 0 Å². The first-order chi connectivity index (χ1) is 20.4. The van der Waals surface area contributed by atoms with Crippen LogP contribution in [-0.4, -0.2) is 125 Å². The van der Waals surface area contributed by atoms with E-state index in [4.69, 9.17) is 18.6 Å². The number of ether oxygens (including phenoxy) is 3. The number of benzene rings is 2. The fourth-order valence-electron chi connectivity index (χ4n) is 5.12. The first-order valence-corrected chi connectivity index (χ1v) is 13.0. The van der Waals surface area contributed by atoms with Crippen LogP contribution < -0.4 is 10.2 Å². The number of aromatic hydroxyl groups is 3. The van der Waals surface area contributed by atoms with Crippen LogP contribution in [0.5, 0.6) is 23.0 Å². The third-order valence-electron chi connectivity index (χ3n) is 7.52. The predicted octanol–water partition coefficient (Wildman–Crippen LogP) is -2.73. The van der Waals surface area contributed by atoms with Gasteiger partial charge in [-0.2, -0.15) is 0 Å². The van der Waals surface area contributed by atoms with Crippen molar-refractivity contribution in [2.75, 3.05) is 13.2 Å². The van der Waals surface area contributed by atoms with Crippen LogP contribution in [0.3, 0.4) is 0 Å². The van der Waals surface area contributed by atoms with Crippen LogP contribution in [0.25, 0.3) is 22.3 Å².